The van der Waals surface area contributed by atoms with Crippen molar-refractivity contribution >= 4 is 40.2 Å². The van der Waals surface area contributed by atoms with Crippen LogP contribution in [0.4, 0.5) is 5.69 Å². The third kappa shape index (κ3) is 5.42. The minimum Gasteiger partial charge on any atom is -0.466 e. The molecule has 0 radical (unpaired) electrons. The molecule has 0 saturated heterocycles. The lowest BCUT2D eigenvalue weighted by Gasteiger charge is -2.45. The van der Waals surface area contributed by atoms with E-state index in [0.717, 1.165) is 16.7 Å². The van der Waals surface area contributed by atoms with Crippen LogP contribution in [-0.4, -0.2) is 27.4 Å². The Labute approximate surface area is 260 Å². The van der Waals surface area contributed by atoms with E-state index in [0.29, 0.717) is 16.3 Å². The number of carbonyl (C=O) groups excluding carboxylic acids is 2. The Morgan fingerprint density at radius 2 is 1.35 bits per heavy atom. The summed E-state index contributed by atoms with van der Waals surface area (Å²) in [6, 6.07) is 34.5. The number of carbonyl (C=O) groups is 2. The molecule has 1 unspecified atom stereocenters. The van der Waals surface area contributed by atoms with E-state index in [1.165, 1.54) is 0 Å². The highest BCUT2D eigenvalue weighted by molar-refractivity contribution is 7.84. The van der Waals surface area contributed by atoms with Crippen LogP contribution in [0.3, 0.4) is 0 Å². The molecule has 5 rings (SSSR count). The van der Waals surface area contributed by atoms with Crippen LogP contribution in [0.2, 0.25) is 5.02 Å². The van der Waals surface area contributed by atoms with Gasteiger partial charge in [0.05, 0.1) is 34.4 Å². The summed E-state index contributed by atoms with van der Waals surface area (Å²) >= 11 is 6.64. The Kier molecular flexibility index (Phi) is 8.61. The number of halogens is 1. The summed E-state index contributed by atoms with van der Waals surface area (Å²) < 4.78 is 21.6. The van der Waals surface area contributed by atoms with Crippen LogP contribution in [0, 0.1) is 0 Å². The number of hydrogen-bond acceptors (Lipinski definition) is 4. The van der Waals surface area contributed by atoms with E-state index in [1.807, 2.05) is 112 Å². The topological polar surface area (TPSA) is 75.7 Å². The number of anilines is 1. The first-order valence-corrected chi connectivity index (χ1v) is 15.7. The molecule has 0 saturated carbocycles. The van der Waals surface area contributed by atoms with Gasteiger partial charge in [-0.15, -0.1) is 0 Å². The van der Waals surface area contributed by atoms with E-state index in [2.05, 4.69) is 4.72 Å². The number of hydrogen-bond donors (Lipinski definition) is 1. The molecule has 0 bridgehead atoms. The number of fused-ring (bicyclic) bond motifs is 1. The minimum absolute atomic E-state index is 0.143. The standard InChI is InChI=1S/C35H35ClN2O4S/c1-5-42-31(39)24-34(37-43(41)33(2,3)4)29-22-21-28(36)23-30(29)38(32(34)40)35(25-15-9-6-10-16-25,26-17-11-7-12-18-26)27-19-13-8-14-20-27/h6-23,37H,5,24H2,1-4H3/t34-,43?/m0/s1. The maximum atomic E-state index is 15.4. The summed E-state index contributed by atoms with van der Waals surface area (Å²) in [4.78, 5) is 30.4. The molecule has 0 fully saturated rings. The molecular weight excluding hydrogens is 580 g/mol. The van der Waals surface area contributed by atoms with Crippen molar-refractivity contribution in [3.8, 4) is 0 Å². The average molecular weight is 615 g/mol. The zero-order valence-electron chi connectivity index (χ0n) is 24.7. The first kappa shape index (κ1) is 30.7. The molecule has 1 aliphatic rings. The Morgan fingerprint density at radius 3 is 1.79 bits per heavy atom. The van der Waals surface area contributed by atoms with E-state index in [-0.39, 0.29) is 13.0 Å². The number of nitrogens with one attached hydrogen (secondary N) is 1. The maximum absolute atomic E-state index is 15.4. The zero-order valence-corrected chi connectivity index (χ0v) is 26.2. The van der Waals surface area contributed by atoms with Crippen molar-refractivity contribution in [3.63, 3.8) is 0 Å². The van der Waals surface area contributed by atoms with Crippen LogP contribution in [0.1, 0.15) is 56.4 Å². The minimum atomic E-state index is -1.73. The number of rotatable bonds is 9. The van der Waals surface area contributed by atoms with Gasteiger partial charge in [-0.2, -0.15) is 0 Å². The summed E-state index contributed by atoms with van der Waals surface area (Å²) in [7, 11) is -1.73. The fraction of sp³-hybridized carbons (Fsp3) is 0.257. The number of ether oxygens (including phenoxy) is 1. The Hall–Kier alpha value is -3.78. The molecule has 4 aromatic rings. The number of esters is 1. The third-order valence-corrected chi connectivity index (χ3v) is 9.56. The van der Waals surface area contributed by atoms with Crippen molar-refractivity contribution in [1.29, 1.82) is 0 Å². The predicted molar refractivity (Wildman–Crippen MR) is 172 cm³/mol. The average Bonchev–Trinajstić information content (AvgIpc) is 3.21. The molecule has 43 heavy (non-hydrogen) atoms. The molecule has 6 nitrogen and oxygen atoms in total. The molecular formula is C35H35ClN2O4S. The summed E-state index contributed by atoms with van der Waals surface area (Å²) in [6.07, 6.45) is -0.360. The molecule has 1 heterocycles. The van der Waals surface area contributed by atoms with Crippen LogP contribution in [0.25, 0.3) is 0 Å². The fourth-order valence-electron chi connectivity index (χ4n) is 5.77. The maximum Gasteiger partial charge on any atom is 0.308 e. The smallest absolute Gasteiger partial charge is 0.308 e. The van der Waals surface area contributed by atoms with Gasteiger partial charge in [0.2, 0.25) is 0 Å². The van der Waals surface area contributed by atoms with Crippen LogP contribution >= 0.6 is 11.6 Å². The first-order chi connectivity index (χ1) is 20.6. The molecule has 1 aliphatic heterocycles. The molecule has 0 aliphatic carbocycles. The van der Waals surface area contributed by atoms with Gasteiger partial charge >= 0.3 is 5.97 Å². The Bertz CT molecular complexity index is 1540. The lowest BCUT2D eigenvalue weighted by Crippen LogP contribution is -2.59. The van der Waals surface area contributed by atoms with Crippen LogP contribution in [0.5, 0.6) is 0 Å². The van der Waals surface area contributed by atoms with Crippen molar-refractivity contribution in [3.05, 3.63) is 136 Å². The van der Waals surface area contributed by atoms with E-state index < -0.39 is 38.7 Å². The van der Waals surface area contributed by atoms with Crippen molar-refractivity contribution < 1.29 is 18.5 Å². The van der Waals surface area contributed by atoms with Gasteiger partial charge in [0.1, 0.15) is 11.1 Å². The summed E-state index contributed by atoms with van der Waals surface area (Å²) in [6.45, 7) is 7.31. The molecule has 2 atom stereocenters. The number of benzene rings is 4. The fourth-order valence-corrected chi connectivity index (χ4v) is 6.83. The van der Waals surface area contributed by atoms with E-state index in [1.54, 1.807) is 30.0 Å². The SMILES string of the molecule is CCOC(=O)C[C@@]1(NS(=O)C(C)(C)C)C(=O)N(C(c2ccccc2)(c2ccccc2)c2ccccc2)c2cc(Cl)ccc21. The normalized spacial score (nSPS) is 17.4. The number of amides is 1. The molecule has 0 aromatic heterocycles. The molecule has 1 amide bonds. The van der Waals surface area contributed by atoms with Crippen LogP contribution < -0.4 is 9.62 Å². The van der Waals surface area contributed by atoms with Crippen molar-refractivity contribution in [2.75, 3.05) is 11.5 Å². The van der Waals surface area contributed by atoms with E-state index in [9.17, 15) is 9.00 Å². The van der Waals surface area contributed by atoms with Gasteiger partial charge in [0.25, 0.3) is 5.91 Å². The largest absolute Gasteiger partial charge is 0.466 e. The van der Waals surface area contributed by atoms with Crippen molar-refractivity contribution in [2.24, 2.45) is 0 Å². The van der Waals surface area contributed by atoms with Crippen molar-refractivity contribution in [2.45, 2.75) is 49.9 Å². The second-order valence-corrected chi connectivity index (χ2v) is 13.9. The molecule has 222 valence electrons. The van der Waals surface area contributed by atoms with Gasteiger partial charge in [0.15, 0.2) is 0 Å². The molecule has 4 aromatic carbocycles. The van der Waals surface area contributed by atoms with Crippen LogP contribution in [0.15, 0.2) is 109 Å². The van der Waals surface area contributed by atoms with Gasteiger partial charge < -0.3 is 4.74 Å². The van der Waals surface area contributed by atoms with Gasteiger partial charge in [-0.3, -0.25) is 14.5 Å². The highest BCUT2D eigenvalue weighted by Gasteiger charge is 2.60. The highest BCUT2D eigenvalue weighted by Crippen LogP contribution is 2.54. The predicted octanol–water partition coefficient (Wildman–Crippen LogP) is 6.88. The Balaban J connectivity index is 1.90. The van der Waals surface area contributed by atoms with Gasteiger partial charge in [-0.05, 0) is 56.5 Å². The first-order valence-electron chi connectivity index (χ1n) is 14.2. The van der Waals surface area contributed by atoms with Gasteiger partial charge in [-0.1, -0.05) is 109 Å². The Morgan fingerprint density at radius 1 is 0.860 bits per heavy atom. The lowest BCUT2D eigenvalue weighted by atomic mass is 9.75. The van der Waals surface area contributed by atoms with Gasteiger partial charge in [-0.25, -0.2) is 8.93 Å². The summed E-state index contributed by atoms with van der Waals surface area (Å²) in [5.41, 5.74) is 0.605. The monoisotopic (exact) mass is 614 g/mol. The quantitative estimate of drug-likeness (QED) is 0.165. The molecule has 1 N–H and O–H groups in total. The van der Waals surface area contributed by atoms with Crippen LogP contribution in [-0.2, 0) is 36.4 Å². The molecule has 8 heteroatoms. The van der Waals surface area contributed by atoms with E-state index in [4.69, 9.17) is 16.3 Å². The number of nitrogens with zero attached hydrogens (tertiary/aromatic N) is 1. The van der Waals surface area contributed by atoms with Crippen molar-refractivity contribution in [1.82, 2.24) is 4.72 Å². The molecule has 0 spiro atoms. The lowest BCUT2D eigenvalue weighted by molar-refractivity contribution is -0.147. The van der Waals surface area contributed by atoms with E-state index >= 15 is 4.79 Å². The summed E-state index contributed by atoms with van der Waals surface area (Å²) in [5.74, 6) is -1.02. The van der Waals surface area contributed by atoms with Gasteiger partial charge in [0, 0.05) is 10.6 Å². The second kappa shape index (κ2) is 12.1. The summed E-state index contributed by atoms with van der Waals surface area (Å²) in [5, 5.41) is 0.420. The second-order valence-electron chi connectivity index (χ2n) is 11.5. The zero-order chi connectivity index (χ0) is 30.8. The third-order valence-electron chi connectivity index (χ3n) is 7.68. The highest BCUT2D eigenvalue weighted by atomic mass is 35.5.